The van der Waals surface area contributed by atoms with E-state index < -0.39 is 0 Å². The zero-order valence-electron chi connectivity index (χ0n) is 48.5. The maximum Gasteiger partial charge on any atom is -0.0268 e. The van der Waals surface area contributed by atoms with Gasteiger partial charge in [-0.1, -0.05) is 280 Å². The summed E-state index contributed by atoms with van der Waals surface area (Å²) in [7, 11) is 0. The summed E-state index contributed by atoms with van der Waals surface area (Å²) < 4.78 is 0. The van der Waals surface area contributed by atoms with Gasteiger partial charge in [0.25, 0.3) is 0 Å². The van der Waals surface area contributed by atoms with E-state index in [0.717, 1.165) is 70.0 Å². The average Bonchev–Trinajstić information content (AvgIpc) is 4.14. The molecule has 0 amide bonds. The van der Waals surface area contributed by atoms with Gasteiger partial charge in [0.15, 0.2) is 0 Å². The zero-order valence-corrected chi connectivity index (χ0v) is 48.5. The molecule has 8 rings (SSSR count). The molecule has 0 nitrogen and oxygen atoms in total. The minimum Gasteiger partial charge on any atom is -0.0654 e. The van der Waals surface area contributed by atoms with Crippen molar-refractivity contribution < 1.29 is 0 Å². The van der Waals surface area contributed by atoms with Crippen LogP contribution in [0.3, 0.4) is 0 Å². The highest BCUT2D eigenvalue weighted by Gasteiger charge is 2.59. The van der Waals surface area contributed by atoms with Crippen molar-refractivity contribution in [3.05, 3.63) is 0 Å². The van der Waals surface area contributed by atoms with Gasteiger partial charge in [-0.05, 0) is 127 Å². The van der Waals surface area contributed by atoms with Crippen molar-refractivity contribution in [2.75, 3.05) is 0 Å². The maximum absolute atomic E-state index is 2.37. The van der Waals surface area contributed by atoms with E-state index in [2.05, 4.69) is 138 Å². The molecule has 0 radical (unpaired) electrons. The van der Waals surface area contributed by atoms with E-state index >= 15 is 0 Å². The summed E-state index contributed by atoms with van der Waals surface area (Å²) in [5, 5.41) is 0. The molecule has 8 saturated carbocycles. The first-order valence-electron chi connectivity index (χ1n) is 29.6. The second-order valence-corrected chi connectivity index (χ2v) is 25.8. The van der Waals surface area contributed by atoms with Gasteiger partial charge >= 0.3 is 0 Å². The van der Waals surface area contributed by atoms with Crippen LogP contribution in [-0.4, -0.2) is 0 Å². The topological polar surface area (TPSA) is 0 Å². The van der Waals surface area contributed by atoms with Gasteiger partial charge in [0, 0.05) is 0 Å². The molecule has 0 heteroatoms. The van der Waals surface area contributed by atoms with Crippen LogP contribution in [-0.2, 0) is 0 Å². The first-order chi connectivity index (χ1) is 29.6. The standard InChI is InChI=1S/3C7H16.C6H10.6C6H12/c1-4-5-6-7(2)3;1-4-6-7(3)5-2;1-3-5-7-6-4-2;1-5-4-6(5)2-3-6;1-5-4-6(5,2)3;1-5-3-6(2)4-5;1-6(2)4-3-5-6;1-5-3-4-6(5)2;1-6-4-2-3-5-6;1-2-6-4-3-5-6/h2*7H,4-6H2,1-3H3;3-7H2,1-2H3;5H,2-4H2,1H3;5H,4H2,1-3H3;5-6H,3-4H2,1-2H3;3-5H2,1-2H3;5-6H,3-4H2,1-2H3;2*6H,2-5H2,1H3/t;7-;;5-;;;;5-,6?;;/m.1.0...1../s1. The van der Waals surface area contributed by atoms with Crippen LogP contribution in [0.5, 0.6) is 0 Å². The minimum absolute atomic E-state index is 0.708. The summed E-state index contributed by atoms with van der Waals surface area (Å²) in [6, 6.07) is 0. The number of hydrogen-bond acceptors (Lipinski definition) is 0. The predicted molar refractivity (Wildman–Crippen MR) is 294 cm³/mol. The lowest BCUT2D eigenvalue weighted by Gasteiger charge is -2.33. The van der Waals surface area contributed by atoms with E-state index in [4.69, 9.17) is 0 Å². The Hall–Kier alpha value is 0. The minimum atomic E-state index is 0.708. The first-order valence-corrected chi connectivity index (χ1v) is 29.6. The molecule has 8 aliphatic carbocycles. The Kier molecular flexibility index (Phi) is 39.2. The van der Waals surface area contributed by atoms with Crippen LogP contribution < -0.4 is 0 Å². The van der Waals surface area contributed by atoms with Crippen LogP contribution in [0.15, 0.2) is 0 Å². The molecule has 0 saturated heterocycles. The summed E-state index contributed by atoms with van der Waals surface area (Å²) in [4.78, 5) is 0. The molecule has 0 N–H and O–H groups in total. The molecule has 63 heavy (non-hydrogen) atoms. The second-order valence-electron chi connectivity index (χ2n) is 25.8. The van der Waals surface area contributed by atoms with Crippen molar-refractivity contribution >= 4 is 0 Å². The molecule has 0 aromatic rings. The van der Waals surface area contributed by atoms with E-state index in [1.807, 2.05) is 0 Å². The van der Waals surface area contributed by atoms with Crippen LogP contribution >= 0.6 is 0 Å². The predicted octanol–water partition coefficient (Wildman–Crippen LogP) is 23.2. The average molecular weight is 888 g/mol. The van der Waals surface area contributed by atoms with Crippen molar-refractivity contribution in [2.45, 2.75) is 331 Å². The molecular weight excluding hydrogens is 757 g/mol. The van der Waals surface area contributed by atoms with E-state index in [1.54, 1.807) is 19.3 Å². The molecule has 1 spiro atoms. The highest BCUT2D eigenvalue weighted by Crippen LogP contribution is 2.70. The van der Waals surface area contributed by atoms with Gasteiger partial charge in [-0.25, -0.2) is 0 Å². The summed E-state index contributed by atoms with van der Waals surface area (Å²) in [5.41, 5.74) is 2.39. The Morgan fingerprint density at radius 2 is 0.889 bits per heavy atom. The monoisotopic (exact) mass is 887 g/mol. The second kappa shape index (κ2) is 37.9. The molecule has 0 aliphatic heterocycles. The Labute approximate surface area is 404 Å². The van der Waals surface area contributed by atoms with E-state index in [9.17, 15) is 0 Å². The lowest BCUT2D eigenvalue weighted by molar-refractivity contribution is 0.190. The maximum atomic E-state index is 2.37. The first kappa shape index (κ1) is 65.1. The number of rotatable bonds is 11. The lowest BCUT2D eigenvalue weighted by Crippen LogP contribution is -2.20. The fourth-order valence-electron chi connectivity index (χ4n) is 9.18. The fraction of sp³-hybridized carbons (Fsp3) is 1.00. The molecule has 0 bridgehead atoms. The SMILES string of the molecule is CC1(C)CCC1.CC1CC(C)C1.CC1CC1(C)C.CC1CCCC1.CC1CC[C@H]1C.CCC1CCC1.CCCCC(C)C.CCCCCCC.CCC[C@H](C)CC.C[C@H]1CC12CC2. The van der Waals surface area contributed by atoms with Gasteiger partial charge < -0.3 is 0 Å². The highest BCUT2D eigenvalue weighted by molar-refractivity contribution is 5.10. The van der Waals surface area contributed by atoms with Gasteiger partial charge in [0.1, 0.15) is 0 Å². The molecule has 8 aliphatic rings. The van der Waals surface area contributed by atoms with Crippen LogP contribution in [0.2, 0.25) is 0 Å². The van der Waals surface area contributed by atoms with Gasteiger partial charge in [-0.3, -0.25) is 0 Å². The quantitative estimate of drug-likeness (QED) is 0.181. The molecule has 382 valence electrons. The van der Waals surface area contributed by atoms with Crippen LogP contribution in [0.25, 0.3) is 0 Å². The van der Waals surface area contributed by atoms with E-state index in [-0.39, 0.29) is 0 Å². The van der Waals surface area contributed by atoms with Crippen LogP contribution in [0, 0.1) is 75.4 Å². The van der Waals surface area contributed by atoms with Crippen molar-refractivity contribution in [2.24, 2.45) is 75.4 Å². The Morgan fingerprint density at radius 3 is 0.968 bits per heavy atom. The molecular formula is C63H130. The zero-order chi connectivity index (χ0) is 48.5. The molecule has 0 aromatic carbocycles. The number of unbranched alkanes of at least 4 members (excludes halogenated alkanes) is 5. The van der Waals surface area contributed by atoms with Crippen LogP contribution in [0.1, 0.15) is 331 Å². The lowest BCUT2D eigenvalue weighted by atomic mass is 9.72. The highest BCUT2D eigenvalue weighted by atomic mass is 14.6. The van der Waals surface area contributed by atoms with Gasteiger partial charge in [0.05, 0.1) is 0 Å². The molecule has 8 fully saturated rings. The Bertz CT molecular complexity index is 900. The van der Waals surface area contributed by atoms with Crippen molar-refractivity contribution in [1.29, 1.82) is 0 Å². The fourth-order valence-corrected chi connectivity index (χ4v) is 9.18. The smallest absolute Gasteiger partial charge is 0.0268 e. The summed E-state index contributed by atoms with van der Waals surface area (Å²) in [6.45, 7) is 46.0. The van der Waals surface area contributed by atoms with Gasteiger partial charge in [-0.2, -0.15) is 0 Å². The molecule has 5 atom stereocenters. The van der Waals surface area contributed by atoms with Crippen molar-refractivity contribution in [1.82, 2.24) is 0 Å². The third-order valence-corrected chi connectivity index (χ3v) is 17.1. The Morgan fingerprint density at radius 1 is 0.460 bits per heavy atom. The third kappa shape index (κ3) is 38.6. The van der Waals surface area contributed by atoms with E-state index in [0.29, 0.717) is 5.41 Å². The van der Waals surface area contributed by atoms with Crippen molar-refractivity contribution in [3.8, 4) is 0 Å². The Balaban J connectivity index is 0. The van der Waals surface area contributed by atoms with Gasteiger partial charge in [-0.15, -0.1) is 0 Å². The normalized spacial score (nSPS) is 28.0. The largest absolute Gasteiger partial charge is 0.0654 e. The van der Waals surface area contributed by atoms with Crippen molar-refractivity contribution in [3.63, 3.8) is 0 Å². The third-order valence-electron chi connectivity index (χ3n) is 17.1. The summed E-state index contributed by atoms with van der Waals surface area (Å²) in [5.74, 6) is 10.3. The van der Waals surface area contributed by atoms with Gasteiger partial charge in [0.2, 0.25) is 0 Å². The van der Waals surface area contributed by atoms with E-state index in [1.165, 1.54) is 173 Å². The summed E-state index contributed by atoms with van der Waals surface area (Å²) in [6.07, 6.45) is 43.5. The molecule has 0 heterocycles. The molecule has 0 aromatic heterocycles. The van der Waals surface area contributed by atoms with Crippen LogP contribution in [0.4, 0.5) is 0 Å². The number of hydrogen-bond donors (Lipinski definition) is 0. The molecule has 2 unspecified atom stereocenters. The summed E-state index contributed by atoms with van der Waals surface area (Å²) >= 11 is 0.